The maximum Gasteiger partial charge on any atom is 0.255 e. The lowest BCUT2D eigenvalue weighted by Crippen LogP contribution is -2.47. The quantitative estimate of drug-likeness (QED) is 0.534. The number of rotatable bonds is 6. The summed E-state index contributed by atoms with van der Waals surface area (Å²) >= 11 is 0. The molecule has 0 aromatic heterocycles. The Balaban J connectivity index is 1.56. The Morgan fingerprint density at radius 1 is 0.914 bits per heavy atom. The van der Waals surface area contributed by atoms with Gasteiger partial charge in [0.25, 0.3) is 5.91 Å². The van der Waals surface area contributed by atoms with Gasteiger partial charge in [-0.3, -0.25) is 9.59 Å². The molecule has 0 radical (unpaired) electrons. The van der Waals surface area contributed by atoms with Crippen LogP contribution in [-0.2, 0) is 14.8 Å². The molecule has 1 aliphatic rings. The molecule has 7 nitrogen and oxygen atoms in total. The third kappa shape index (κ3) is 5.39. The zero-order valence-corrected chi connectivity index (χ0v) is 21.1. The summed E-state index contributed by atoms with van der Waals surface area (Å²) in [6.07, 6.45) is 1.14. The first kappa shape index (κ1) is 24.9. The molecule has 0 saturated carbocycles. The van der Waals surface area contributed by atoms with Gasteiger partial charge in [0.15, 0.2) is 0 Å². The van der Waals surface area contributed by atoms with Crippen LogP contribution < -0.4 is 10.0 Å². The molecule has 0 bridgehead atoms. The topological polar surface area (TPSA) is 95.6 Å². The van der Waals surface area contributed by atoms with Gasteiger partial charge in [0.2, 0.25) is 15.9 Å². The first-order valence-corrected chi connectivity index (χ1v) is 13.4. The molecule has 2 N–H and O–H groups in total. The highest BCUT2D eigenvalue weighted by Crippen LogP contribution is 2.30. The minimum absolute atomic E-state index is 0.0700. The number of sulfonamides is 1. The van der Waals surface area contributed by atoms with Crippen molar-refractivity contribution >= 4 is 38.3 Å². The number of carbonyl (C=O) groups is 2. The van der Waals surface area contributed by atoms with Gasteiger partial charge in [-0.25, -0.2) is 13.1 Å². The molecule has 4 rings (SSSR count). The van der Waals surface area contributed by atoms with Crippen LogP contribution in [0.25, 0.3) is 10.8 Å². The van der Waals surface area contributed by atoms with Crippen molar-refractivity contribution in [3.8, 4) is 0 Å². The second-order valence-electron chi connectivity index (χ2n) is 9.30. The molecule has 3 aromatic carbocycles. The highest BCUT2D eigenvalue weighted by atomic mass is 32.2. The lowest BCUT2D eigenvalue weighted by molar-refractivity contribution is -0.135. The number of nitrogens with zero attached hydrogens (tertiary/aromatic N) is 1. The number of aryl methyl sites for hydroxylation is 1. The average Bonchev–Trinajstić information content (AvgIpc) is 2.84. The van der Waals surface area contributed by atoms with E-state index in [9.17, 15) is 18.0 Å². The number of amides is 2. The number of anilines is 1. The average molecular weight is 494 g/mol. The molecule has 35 heavy (non-hydrogen) atoms. The van der Waals surface area contributed by atoms with Crippen LogP contribution in [0.5, 0.6) is 0 Å². The Labute approximate surface area is 206 Å². The third-order valence-electron chi connectivity index (χ3n) is 6.43. The second-order valence-corrected chi connectivity index (χ2v) is 11.0. The summed E-state index contributed by atoms with van der Waals surface area (Å²) in [5, 5.41) is 4.12. The smallest absolute Gasteiger partial charge is 0.255 e. The van der Waals surface area contributed by atoms with Gasteiger partial charge < -0.3 is 10.2 Å². The lowest BCUT2D eigenvalue weighted by atomic mass is 10.0. The van der Waals surface area contributed by atoms with E-state index in [1.54, 1.807) is 35.2 Å². The number of fused-ring (bicyclic) bond motifs is 1. The Hall–Kier alpha value is -3.23. The van der Waals surface area contributed by atoms with Crippen LogP contribution in [0, 0.1) is 12.8 Å². The molecule has 1 saturated heterocycles. The van der Waals surface area contributed by atoms with Crippen LogP contribution in [0.3, 0.4) is 0 Å². The number of hydrogen-bond acceptors (Lipinski definition) is 4. The van der Waals surface area contributed by atoms with Crippen molar-refractivity contribution < 1.29 is 18.0 Å². The highest BCUT2D eigenvalue weighted by molar-refractivity contribution is 7.89. The van der Waals surface area contributed by atoms with Gasteiger partial charge in [-0.2, -0.15) is 0 Å². The summed E-state index contributed by atoms with van der Waals surface area (Å²) in [6, 6.07) is 17.4. The standard InChI is InChI=1S/C27H31N3O4S/c1-18(2)27(32)30-16-14-20(15-17-30)29-35(33,34)25-13-12-24(22-10-6-7-11-23(22)25)28-26(31)21-9-5-4-8-19(21)3/h4-13,18,20,29H,14-17H2,1-3H3,(H,28,31). The minimum atomic E-state index is -3.81. The molecule has 3 aromatic rings. The fraction of sp³-hybridized carbons (Fsp3) is 0.333. The fourth-order valence-corrected chi connectivity index (χ4v) is 6.01. The number of carbonyl (C=O) groups excluding carboxylic acids is 2. The van der Waals surface area contributed by atoms with Gasteiger partial charge >= 0.3 is 0 Å². The van der Waals surface area contributed by atoms with Crippen molar-refractivity contribution in [1.29, 1.82) is 0 Å². The van der Waals surface area contributed by atoms with E-state index in [-0.39, 0.29) is 28.7 Å². The molecule has 0 atom stereocenters. The van der Waals surface area contributed by atoms with Crippen LogP contribution in [0.4, 0.5) is 5.69 Å². The van der Waals surface area contributed by atoms with E-state index in [0.29, 0.717) is 48.0 Å². The number of hydrogen-bond donors (Lipinski definition) is 2. The van der Waals surface area contributed by atoms with E-state index in [1.807, 2.05) is 45.0 Å². The summed E-state index contributed by atoms with van der Waals surface area (Å²) in [4.78, 5) is 27.1. The van der Waals surface area contributed by atoms with Crippen molar-refractivity contribution in [3.63, 3.8) is 0 Å². The van der Waals surface area contributed by atoms with Crippen LogP contribution in [0.15, 0.2) is 65.6 Å². The van der Waals surface area contributed by atoms with Crippen molar-refractivity contribution in [2.24, 2.45) is 5.92 Å². The van der Waals surface area contributed by atoms with Crippen molar-refractivity contribution in [2.45, 2.75) is 44.6 Å². The first-order valence-electron chi connectivity index (χ1n) is 11.9. The van der Waals surface area contributed by atoms with Crippen molar-refractivity contribution in [1.82, 2.24) is 9.62 Å². The predicted molar refractivity (Wildman–Crippen MR) is 138 cm³/mol. The Morgan fingerprint density at radius 2 is 1.54 bits per heavy atom. The second kappa shape index (κ2) is 10.2. The maximum absolute atomic E-state index is 13.4. The number of likely N-dealkylation sites (tertiary alicyclic amines) is 1. The summed E-state index contributed by atoms with van der Waals surface area (Å²) in [6.45, 7) is 6.69. The zero-order chi connectivity index (χ0) is 25.2. The van der Waals surface area contributed by atoms with E-state index in [1.165, 1.54) is 6.07 Å². The number of piperidine rings is 1. The normalized spacial score (nSPS) is 14.9. The Kier molecular flexibility index (Phi) is 7.23. The molecule has 0 spiro atoms. The van der Waals surface area contributed by atoms with Gasteiger partial charge in [-0.1, -0.05) is 56.3 Å². The summed E-state index contributed by atoms with van der Waals surface area (Å²) < 4.78 is 29.6. The van der Waals surface area contributed by atoms with Gasteiger partial charge in [0.1, 0.15) is 0 Å². The third-order valence-corrected chi connectivity index (χ3v) is 8.01. The monoisotopic (exact) mass is 493 g/mol. The SMILES string of the molecule is Cc1ccccc1C(=O)Nc1ccc(S(=O)(=O)NC2CCN(C(=O)C(C)C)CC2)c2ccccc12. The van der Waals surface area contributed by atoms with E-state index in [4.69, 9.17) is 0 Å². The summed E-state index contributed by atoms with van der Waals surface area (Å²) in [5.74, 6) is -0.218. The minimum Gasteiger partial charge on any atom is -0.342 e. The van der Waals surface area contributed by atoms with E-state index >= 15 is 0 Å². The molecule has 184 valence electrons. The van der Waals surface area contributed by atoms with Gasteiger partial charge in [0.05, 0.1) is 4.90 Å². The van der Waals surface area contributed by atoms with Crippen LogP contribution in [0.1, 0.15) is 42.6 Å². The molecule has 0 aliphatic carbocycles. The van der Waals surface area contributed by atoms with Crippen molar-refractivity contribution in [3.05, 3.63) is 71.8 Å². The maximum atomic E-state index is 13.4. The van der Waals surface area contributed by atoms with Crippen LogP contribution >= 0.6 is 0 Å². The zero-order valence-electron chi connectivity index (χ0n) is 20.2. The highest BCUT2D eigenvalue weighted by Gasteiger charge is 2.28. The van der Waals surface area contributed by atoms with Gasteiger partial charge in [-0.05, 0) is 43.5 Å². The molecule has 2 amide bonds. The molecule has 1 fully saturated rings. The van der Waals surface area contributed by atoms with Crippen LogP contribution in [-0.4, -0.2) is 44.3 Å². The molecule has 0 unspecified atom stereocenters. The van der Waals surface area contributed by atoms with E-state index < -0.39 is 10.0 Å². The molecule has 8 heteroatoms. The summed E-state index contributed by atoms with van der Waals surface area (Å²) in [5.41, 5.74) is 1.98. The van der Waals surface area contributed by atoms with Gasteiger partial charge in [0, 0.05) is 47.1 Å². The Bertz CT molecular complexity index is 1360. The molecule has 1 aliphatic heterocycles. The Morgan fingerprint density at radius 3 is 2.20 bits per heavy atom. The van der Waals surface area contributed by atoms with Crippen LogP contribution in [0.2, 0.25) is 0 Å². The first-order chi connectivity index (χ1) is 16.7. The largest absolute Gasteiger partial charge is 0.342 e. The number of benzene rings is 3. The fourth-order valence-electron chi connectivity index (χ4n) is 4.50. The van der Waals surface area contributed by atoms with Gasteiger partial charge in [-0.15, -0.1) is 0 Å². The molecule has 1 heterocycles. The van der Waals surface area contributed by atoms with E-state index in [0.717, 1.165) is 5.56 Å². The predicted octanol–water partition coefficient (Wildman–Crippen LogP) is 4.33. The van der Waals surface area contributed by atoms with Crippen molar-refractivity contribution in [2.75, 3.05) is 18.4 Å². The molecular weight excluding hydrogens is 462 g/mol. The lowest BCUT2D eigenvalue weighted by Gasteiger charge is -2.33. The number of nitrogens with one attached hydrogen (secondary N) is 2. The molecular formula is C27H31N3O4S. The summed E-state index contributed by atoms with van der Waals surface area (Å²) in [7, 11) is -3.81. The van der Waals surface area contributed by atoms with E-state index in [2.05, 4.69) is 10.0 Å².